The molecule has 3 rings (SSSR count). The SMILES string of the molecule is COc1cc2sc(C(=O)CCCO)cc2cc1OCc1ccccc1. The van der Waals surface area contributed by atoms with Crippen LogP contribution in [0.5, 0.6) is 11.5 Å². The molecule has 1 heterocycles. The molecule has 0 bridgehead atoms. The van der Waals surface area contributed by atoms with Gasteiger partial charge in [-0.2, -0.15) is 0 Å². The predicted octanol–water partition coefficient (Wildman–Crippen LogP) is 4.44. The summed E-state index contributed by atoms with van der Waals surface area (Å²) in [7, 11) is 1.61. The van der Waals surface area contributed by atoms with E-state index in [0.717, 1.165) is 15.6 Å². The molecule has 0 spiro atoms. The summed E-state index contributed by atoms with van der Waals surface area (Å²) < 4.78 is 12.3. The first-order valence-corrected chi connectivity index (χ1v) is 8.95. The monoisotopic (exact) mass is 356 g/mol. The van der Waals surface area contributed by atoms with E-state index in [0.29, 0.717) is 35.8 Å². The molecule has 0 atom stereocenters. The van der Waals surface area contributed by atoms with Crippen LogP contribution in [0.25, 0.3) is 10.1 Å². The normalized spacial score (nSPS) is 10.8. The fourth-order valence-corrected chi connectivity index (χ4v) is 3.60. The van der Waals surface area contributed by atoms with Crippen LogP contribution in [0.3, 0.4) is 0 Å². The zero-order chi connectivity index (χ0) is 17.6. The number of benzene rings is 2. The van der Waals surface area contributed by atoms with E-state index < -0.39 is 0 Å². The molecule has 0 saturated carbocycles. The first kappa shape index (κ1) is 17.5. The van der Waals surface area contributed by atoms with Crippen LogP contribution in [0.2, 0.25) is 0 Å². The highest BCUT2D eigenvalue weighted by Gasteiger charge is 2.14. The first-order chi connectivity index (χ1) is 12.2. The Morgan fingerprint density at radius 1 is 1.12 bits per heavy atom. The van der Waals surface area contributed by atoms with Crippen LogP contribution in [0.1, 0.15) is 28.1 Å². The van der Waals surface area contributed by atoms with Gasteiger partial charge in [0, 0.05) is 23.8 Å². The molecule has 1 aromatic heterocycles. The molecule has 1 N–H and O–H groups in total. The number of thiophene rings is 1. The largest absolute Gasteiger partial charge is 0.493 e. The van der Waals surface area contributed by atoms with Crippen molar-refractivity contribution in [2.75, 3.05) is 13.7 Å². The van der Waals surface area contributed by atoms with Crippen molar-refractivity contribution in [2.24, 2.45) is 0 Å². The Bertz CT molecular complexity index is 855. The van der Waals surface area contributed by atoms with Gasteiger partial charge in [0.15, 0.2) is 17.3 Å². The number of aliphatic hydroxyl groups is 1. The molecule has 0 fully saturated rings. The summed E-state index contributed by atoms with van der Waals surface area (Å²) in [6.07, 6.45) is 0.847. The highest BCUT2D eigenvalue weighted by molar-refractivity contribution is 7.20. The maximum Gasteiger partial charge on any atom is 0.172 e. The minimum Gasteiger partial charge on any atom is -0.493 e. The van der Waals surface area contributed by atoms with Gasteiger partial charge in [0.05, 0.1) is 12.0 Å². The van der Waals surface area contributed by atoms with Crippen LogP contribution >= 0.6 is 11.3 Å². The Labute approximate surface area is 150 Å². The van der Waals surface area contributed by atoms with Crippen molar-refractivity contribution in [1.29, 1.82) is 0 Å². The number of ether oxygens (including phenoxy) is 2. The van der Waals surface area contributed by atoms with Crippen molar-refractivity contribution in [3.8, 4) is 11.5 Å². The van der Waals surface area contributed by atoms with Crippen LogP contribution < -0.4 is 9.47 Å². The number of carbonyl (C=O) groups excluding carboxylic acids is 1. The summed E-state index contributed by atoms with van der Waals surface area (Å²) >= 11 is 1.44. The van der Waals surface area contributed by atoms with Gasteiger partial charge in [0.25, 0.3) is 0 Å². The van der Waals surface area contributed by atoms with Crippen molar-refractivity contribution in [3.63, 3.8) is 0 Å². The summed E-state index contributed by atoms with van der Waals surface area (Å²) in [4.78, 5) is 12.9. The van der Waals surface area contributed by atoms with E-state index in [1.807, 2.05) is 48.5 Å². The predicted molar refractivity (Wildman–Crippen MR) is 99.8 cm³/mol. The molecule has 25 heavy (non-hydrogen) atoms. The smallest absolute Gasteiger partial charge is 0.172 e. The summed E-state index contributed by atoms with van der Waals surface area (Å²) in [5.74, 6) is 1.37. The zero-order valence-corrected chi connectivity index (χ0v) is 14.8. The van der Waals surface area contributed by atoms with Gasteiger partial charge in [-0.15, -0.1) is 11.3 Å². The van der Waals surface area contributed by atoms with Crippen molar-refractivity contribution < 1.29 is 19.4 Å². The van der Waals surface area contributed by atoms with Crippen LogP contribution in [0.4, 0.5) is 0 Å². The van der Waals surface area contributed by atoms with Gasteiger partial charge in [-0.25, -0.2) is 0 Å². The number of fused-ring (bicyclic) bond motifs is 1. The van der Waals surface area contributed by atoms with Gasteiger partial charge in [0.1, 0.15) is 6.61 Å². The molecule has 0 amide bonds. The Balaban J connectivity index is 1.84. The van der Waals surface area contributed by atoms with Crippen molar-refractivity contribution in [2.45, 2.75) is 19.4 Å². The Kier molecular flexibility index (Phi) is 5.68. The topological polar surface area (TPSA) is 55.8 Å². The number of ketones is 1. The summed E-state index contributed by atoms with van der Waals surface area (Å²) in [5.41, 5.74) is 1.08. The molecule has 0 saturated heterocycles. The summed E-state index contributed by atoms with van der Waals surface area (Å²) in [6.45, 7) is 0.483. The molecule has 0 unspecified atom stereocenters. The van der Waals surface area contributed by atoms with Gasteiger partial charge >= 0.3 is 0 Å². The van der Waals surface area contributed by atoms with E-state index in [1.54, 1.807) is 7.11 Å². The molecule has 2 aromatic carbocycles. The lowest BCUT2D eigenvalue weighted by atomic mass is 10.1. The van der Waals surface area contributed by atoms with Crippen LogP contribution in [0.15, 0.2) is 48.5 Å². The van der Waals surface area contributed by atoms with Gasteiger partial charge in [0.2, 0.25) is 0 Å². The van der Waals surface area contributed by atoms with Gasteiger partial charge in [-0.1, -0.05) is 30.3 Å². The number of Topliss-reactive ketones (excluding diaryl/α,β-unsaturated/α-hetero) is 1. The lowest BCUT2D eigenvalue weighted by molar-refractivity contribution is 0.0975. The number of hydrogen-bond donors (Lipinski definition) is 1. The third kappa shape index (κ3) is 4.18. The van der Waals surface area contributed by atoms with E-state index in [9.17, 15) is 4.79 Å². The molecule has 5 heteroatoms. The van der Waals surface area contributed by atoms with E-state index >= 15 is 0 Å². The second-order valence-corrected chi connectivity index (χ2v) is 6.76. The first-order valence-electron chi connectivity index (χ1n) is 8.13. The van der Waals surface area contributed by atoms with Crippen LogP contribution in [-0.2, 0) is 6.61 Å². The van der Waals surface area contributed by atoms with Crippen molar-refractivity contribution >= 4 is 27.2 Å². The molecule has 4 nitrogen and oxygen atoms in total. The third-order valence-electron chi connectivity index (χ3n) is 3.88. The Morgan fingerprint density at radius 3 is 2.64 bits per heavy atom. The maximum absolute atomic E-state index is 12.2. The number of rotatable bonds is 8. The van der Waals surface area contributed by atoms with Gasteiger partial charge in [-0.05, 0) is 29.5 Å². The molecular weight excluding hydrogens is 336 g/mol. The molecular formula is C20H20O4S. The van der Waals surface area contributed by atoms with E-state index in [1.165, 1.54) is 11.3 Å². The number of aliphatic hydroxyl groups excluding tert-OH is 1. The fourth-order valence-electron chi connectivity index (χ4n) is 2.56. The van der Waals surface area contributed by atoms with E-state index in [-0.39, 0.29) is 12.4 Å². The lowest BCUT2D eigenvalue weighted by Gasteiger charge is -2.11. The average Bonchev–Trinajstić information content (AvgIpc) is 3.07. The van der Waals surface area contributed by atoms with Gasteiger partial charge < -0.3 is 14.6 Å². The highest BCUT2D eigenvalue weighted by Crippen LogP contribution is 2.37. The summed E-state index contributed by atoms with van der Waals surface area (Å²) in [6, 6.07) is 15.6. The second kappa shape index (κ2) is 8.14. The molecule has 0 radical (unpaired) electrons. The fraction of sp³-hybridized carbons (Fsp3) is 0.250. The van der Waals surface area contributed by atoms with Gasteiger partial charge in [-0.3, -0.25) is 4.79 Å². The van der Waals surface area contributed by atoms with Crippen LogP contribution in [-0.4, -0.2) is 24.6 Å². The maximum atomic E-state index is 12.2. The minimum absolute atomic E-state index is 0.0297. The third-order valence-corrected chi connectivity index (χ3v) is 5.02. The molecule has 0 aliphatic rings. The molecule has 0 aliphatic carbocycles. The number of methoxy groups -OCH3 is 1. The zero-order valence-electron chi connectivity index (χ0n) is 14.0. The molecule has 130 valence electrons. The van der Waals surface area contributed by atoms with Crippen LogP contribution in [0, 0.1) is 0 Å². The summed E-state index contributed by atoms with van der Waals surface area (Å²) in [5, 5.41) is 9.84. The second-order valence-electron chi connectivity index (χ2n) is 5.68. The minimum atomic E-state index is 0.0297. The van der Waals surface area contributed by atoms with Crippen molar-refractivity contribution in [1.82, 2.24) is 0 Å². The average molecular weight is 356 g/mol. The standard InChI is InChI=1S/C20H20O4S/c1-23-17-12-19-15(11-20(25-19)16(22)8-5-9-21)10-18(17)24-13-14-6-3-2-4-7-14/h2-4,6-7,10-12,21H,5,8-9,13H2,1H3. The molecule has 0 aliphatic heterocycles. The van der Waals surface area contributed by atoms with E-state index in [2.05, 4.69) is 0 Å². The lowest BCUT2D eigenvalue weighted by Crippen LogP contribution is -1.97. The Hall–Kier alpha value is -2.37. The Morgan fingerprint density at radius 2 is 1.92 bits per heavy atom. The number of carbonyl (C=O) groups is 1. The van der Waals surface area contributed by atoms with E-state index in [4.69, 9.17) is 14.6 Å². The van der Waals surface area contributed by atoms with Crippen molar-refractivity contribution in [3.05, 3.63) is 59.0 Å². The number of hydrogen-bond acceptors (Lipinski definition) is 5. The highest BCUT2D eigenvalue weighted by atomic mass is 32.1. The molecule has 3 aromatic rings. The quantitative estimate of drug-likeness (QED) is 0.606.